The van der Waals surface area contributed by atoms with Crippen molar-refractivity contribution in [3.05, 3.63) is 95.5 Å². The van der Waals surface area contributed by atoms with Crippen LogP contribution in [0.1, 0.15) is 11.5 Å². The van der Waals surface area contributed by atoms with E-state index >= 15 is 0 Å². The molecule has 6 nitrogen and oxygen atoms in total. The van der Waals surface area contributed by atoms with Gasteiger partial charge in [0.2, 0.25) is 0 Å². The minimum atomic E-state index is -5.22. The number of benzene rings is 3. The molecule has 2 aliphatic heterocycles. The SMILES string of the molecule is O=C1C(C(c2ccc(Cl)cc2)C2C(=O)N(c3ccccc3)N=C2C(F)(F)F)C(C(F)(F)F)=NN1c1ccccc1. The lowest BCUT2D eigenvalue weighted by molar-refractivity contribution is -0.124. The maximum Gasteiger partial charge on any atom is 0.432 e. The van der Waals surface area contributed by atoms with Crippen LogP contribution in [0.4, 0.5) is 37.7 Å². The number of hydrazone groups is 2. The first-order chi connectivity index (χ1) is 18.9. The van der Waals surface area contributed by atoms with Crippen LogP contribution >= 0.6 is 11.6 Å². The Balaban J connectivity index is 1.71. The number of halogens is 7. The number of carbonyl (C=O) groups is 2. The van der Waals surface area contributed by atoms with Gasteiger partial charge in [-0.3, -0.25) is 9.59 Å². The standard InChI is InChI=1S/C27H17ClF6N4O2/c28-16-13-11-15(12-14-16)19(20-22(26(29,30)31)35-37(24(20)39)17-7-3-1-4-8-17)21-23(27(32,33)34)36-38(25(21)40)18-9-5-2-6-10-18/h1-14,19-21H. The Hall–Kier alpha value is -4.19. The third-order valence-corrected chi connectivity index (χ3v) is 6.76. The minimum absolute atomic E-state index is 0.0278. The van der Waals surface area contributed by atoms with Crippen molar-refractivity contribution in [1.29, 1.82) is 0 Å². The van der Waals surface area contributed by atoms with Gasteiger partial charge in [0, 0.05) is 10.9 Å². The summed E-state index contributed by atoms with van der Waals surface area (Å²) in [5.41, 5.74) is -3.47. The van der Waals surface area contributed by atoms with Gasteiger partial charge < -0.3 is 0 Å². The number of hydrogen-bond acceptors (Lipinski definition) is 4. The van der Waals surface area contributed by atoms with E-state index < -0.39 is 53.3 Å². The molecular weight excluding hydrogens is 562 g/mol. The fraction of sp³-hybridized carbons (Fsp3) is 0.185. The van der Waals surface area contributed by atoms with Gasteiger partial charge in [0.15, 0.2) is 11.4 Å². The number of carbonyl (C=O) groups excluding carboxylic acids is 2. The molecule has 0 aromatic heterocycles. The fourth-order valence-electron chi connectivity index (χ4n) is 4.82. The largest absolute Gasteiger partial charge is 0.432 e. The third-order valence-electron chi connectivity index (χ3n) is 6.51. The van der Waals surface area contributed by atoms with E-state index in [2.05, 4.69) is 10.2 Å². The van der Waals surface area contributed by atoms with Crippen LogP contribution in [0.15, 0.2) is 95.1 Å². The Kier molecular flexibility index (Phi) is 6.90. The van der Waals surface area contributed by atoms with Gasteiger partial charge in [-0.15, -0.1) is 0 Å². The molecular formula is C27H17ClF6N4O2. The molecule has 0 fully saturated rings. The van der Waals surface area contributed by atoms with Gasteiger partial charge in [-0.1, -0.05) is 60.1 Å². The predicted molar refractivity (Wildman–Crippen MR) is 136 cm³/mol. The van der Waals surface area contributed by atoms with Crippen molar-refractivity contribution in [2.75, 3.05) is 10.0 Å². The first-order valence-electron chi connectivity index (χ1n) is 11.7. The predicted octanol–water partition coefficient (Wildman–Crippen LogP) is 6.59. The van der Waals surface area contributed by atoms with Crippen LogP contribution in [-0.4, -0.2) is 35.6 Å². The highest BCUT2D eigenvalue weighted by molar-refractivity contribution is 6.30. The molecule has 0 bridgehead atoms. The molecule has 13 heteroatoms. The van der Waals surface area contributed by atoms with Crippen LogP contribution in [0.2, 0.25) is 5.02 Å². The van der Waals surface area contributed by atoms with Crippen LogP contribution in [0.3, 0.4) is 0 Å². The summed E-state index contributed by atoms with van der Waals surface area (Å²) < 4.78 is 86.3. The summed E-state index contributed by atoms with van der Waals surface area (Å²) >= 11 is 5.94. The van der Waals surface area contributed by atoms with E-state index in [-0.39, 0.29) is 22.0 Å². The van der Waals surface area contributed by atoms with Crippen molar-refractivity contribution in [3.63, 3.8) is 0 Å². The number of hydrogen-bond donors (Lipinski definition) is 0. The van der Waals surface area contributed by atoms with Gasteiger partial charge in [-0.05, 0) is 42.0 Å². The van der Waals surface area contributed by atoms with Gasteiger partial charge in [0.25, 0.3) is 11.8 Å². The first-order valence-corrected chi connectivity index (χ1v) is 12.1. The molecule has 3 aromatic rings. The molecule has 0 aliphatic carbocycles. The van der Waals surface area contributed by atoms with Crippen molar-refractivity contribution in [3.8, 4) is 0 Å². The monoisotopic (exact) mass is 578 g/mol. The average Bonchev–Trinajstić information content (AvgIpc) is 3.44. The summed E-state index contributed by atoms with van der Waals surface area (Å²) in [5, 5.41) is 8.17. The van der Waals surface area contributed by atoms with E-state index in [9.17, 15) is 35.9 Å². The van der Waals surface area contributed by atoms with E-state index in [1.807, 2.05) is 0 Å². The zero-order valence-corrected chi connectivity index (χ0v) is 20.8. The third kappa shape index (κ3) is 4.94. The number of amides is 2. The molecule has 2 amide bonds. The summed E-state index contributed by atoms with van der Waals surface area (Å²) in [6, 6.07) is 19.2. The van der Waals surface area contributed by atoms with Gasteiger partial charge in [-0.2, -0.15) is 46.6 Å². The maximum absolute atomic E-state index is 14.4. The normalized spacial score (nSPS) is 20.6. The number of anilines is 2. The van der Waals surface area contributed by atoms with Crippen molar-refractivity contribution in [1.82, 2.24) is 0 Å². The number of alkyl halides is 6. The second kappa shape index (κ2) is 10.1. The lowest BCUT2D eigenvalue weighted by Gasteiger charge is -2.30. The van der Waals surface area contributed by atoms with Crippen molar-refractivity contribution >= 4 is 46.2 Å². The highest BCUT2D eigenvalue weighted by Gasteiger charge is 2.61. The Bertz CT molecular complexity index is 1400. The molecule has 0 saturated carbocycles. The molecule has 2 aliphatic rings. The smallest absolute Gasteiger partial charge is 0.272 e. The highest BCUT2D eigenvalue weighted by Crippen LogP contribution is 2.47. The van der Waals surface area contributed by atoms with Crippen LogP contribution in [-0.2, 0) is 9.59 Å². The molecule has 0 radical (unpaired) electrons. The number of nitrogens with zero attached hydrogens (tertiary/aromatic N) is 4. The van der Waals surface area contributed by atoms with E-state index in [0.717, 1.165) is 0 Å². The molecule has 2 heterocycles. The van der Waals surface area contributed by atoms with E-state index in [4.69, 9.17) is 11.6 Å². The molecule has 0 N–H and O–H groups in total. The maximum atomic E-state index is 14.4. The van der Waals surface area contributed by atoms with Crippen LogP contribution in [0.25, 0.3) is 0 Å². The van der Waals surface area contributed by atoms with Crippen molar-refractivity contribution in [2.45, 2.75) is 18.3 Å². The number of rotatable bonds is 5. The molecule has 2 unspecified atom stereocenters. The topological polar surface area (TPSA) is 65.3 Å². The Morgan fingerprint density at radius 1 is 0.625 bits per heavy atom. The summed E-state index contributed by atoms with van der Waals surface area (Å²) in [7, 11) is 0. The second-order valence-corrected chi connectivity index (χ2v) is 9.41. The van der Waals surface area contributed by atoms with E-state index in [0.29, 0.717) is 10.0 Å². The van der Waals surface area contributed by atoms with Gasteiger partial charge in [-0.25, -0.2) is 0 Å². The van der Waals surface area contributed by atoms with Gasteiger partial charge in [0.05, 0.1) is 23.2 Å². The highest BCUT2D eigenvalue weighted by atomic mass is 35.5. The summed E-state index contributed by atoms with van der Waals surface area (Å²) in [5.74, 6) is -9.09. The Morgan fingerprint density at radius 3 is 1.35 bits per heavy atom. The lowest BCUT2D eigenvalue weighted by Crippen LogP contribution is -2.46. The van der Waals surface area contributed by atoms with E-state index in [1.54, 1.807) is 12.1 Å². The summed E-state index contributed by atoms with van der Waals surface area (Å²) in [6.07, 6.45) is -10.4. The zero-order valence-electron chi connectivity index (χ0n) is 20.1. The Labute approximate surface area is 228 Å². The first kappa shape index (κ1) is 27.4. The molecule has 206 valence electrons. The van der Waals surface area contributed by atoms with Gasteiger partial charge in [0.1, 0.15) is 0 Å². The van der Waals surface area contributed by atoms with Crippen LogP contribution in [0, 0.1) is 11.8 Å². The number of para-hydroxylation sites is 2. The zero-order chi connectivity index (χ0) is 28.8. The molecule has 3 aromatic carbocycles. The average molecular weight is 579 g/mol. The minimum Gasteiger partial charge on any atom is -0.272 e. The molecule has 0 saturated heterocycles. The van der Waals surface area contributed by atoms with Crippen molar-refractivity contribution < 1.29 is 35.9 Å². The van der Waals surface area contributed by atoms with Gasteiger partial charge >= 0.3 is 12.4 Å². The van der Waals surface area contributed by atoms with Crippen LogP contribution in [0.5, 0.6) is 0 Å². The second-order valence-electron chi connectivity index (χ2n) is 8.97. The fourth-order valence-corrected chi connectivity index (χ4v) is 4.95. The van der Waals surface area contributed by atoms with Crippen molar-refractivity contribution in [2.24, 2.45) is 22.0 Å². The lowest BCUT2D eigenvalue weighted by atomic mass is 9.72. The molecule has 40 heavy (non-hydrogen) atoms. The van der Waals surface area contributed by atoms with E-state index in [1.165, 1.54) is 72.8 Å². The van der Waals surface area contributed by atoms with Crippen LogP contribution < -0.4 is 10.0 Å². The molecule has 5 rings (SSSR count). The molecule has 2 atom stereocenters. The quantitative estimate of drug-likeness (QED) is 0.321. The summed E-state index contributed by atoms with van der Waals surface area (Å²) in [6.45, 7) is 0. The molecule has 0 spiro atoms. The Morgan fingerprint density at radius 2 is 1.00 bits per heavy atom. The summed E-state index contributed by atoms with van der Waals surface area (Å²) in [4.78, 5) is 27.3.